The van der Waals surface area contributed by atoms with Gasteiger partial charge in [0, 0.05) is 11.9 Å². The summed E-state index contributed by atoms with van der Waals surface area (Å²) < 4.78 is 47.0. The Morgan fingerprint density at radius 1 is 1.48 bits per heavy atom. The Bertz CT molecular complexity index is 491. The second-order valence-electron chi connectivity index (χ2n) is 5.11. The number of esters is 1. The van der Waals surface area contributed by atoms with Crippen LogP contribution in [0.15, 0.2) is 18.3 Å². The van der Waals surface area contributed by atoms with E-state index < -0.39 is 17.7 Å². The highest BCUT2D eigenvalue weighted by atomic mass is 19.4. The lowest BCUT2D eigenvalue weighted by Crippen LogP contribution is -2.57. The number of ether oxygens (including phenoxy) is 1. The van der Waals surface area contributed by atoms with Crippen LogP contribution in [0.1, 0.15) is 31.9 Å². The van der Waals surface area contributed by atoms with Gasteiger partial charge in [-0.1, -0.05) is 0 Å². The molecule has 1 aromatic rings. The first-order valence-corrected chi connectivity index (χ1v) is 7.04. The van der Waals surface area contributed by atoms with Gasteiger partial charge in [-0.15, -0.1) is 0 Å². The standard InChI is InChI=1S/C14H19F3N2O2/c1-2-21-12(20)10-19-9-5-6-11(19)13(14(15,16)17)7-3-4-8-18-13/h5-6,9,18H,2-4,7-8,10H2,1H3. The molecule has 21 heavy (non-hydrogen) atoms. The fourth-order valence-corrected chi connectivity index (χ4v) is 2.80. The fourth-order valence-electron chi connectivity index (χ4n) is 2.80. The normalized spacial score (nSPS) is 23.0. The molecule has 1 unspecified atom stereocenters. The number of hydrogen-bond donors (Lipinski definition) is 1. The van der Waals surface area contributed by atoms with Gasteiger partial charge in [-0.2, -0.15) is 13.2 Å². The van der Waals surface area contributed by atoms with Crippen molar-refractivity contribution in [1.82, 2.24) is 9.88 Å². The molecule has 0 bridgehead atoms. The Labute approximate surface area is 121 Å². The minimum absolute atomic E-state index is 0.0245. The van der Waals surface area contributed by atoms with Crippen molar-refractivity contribution in [2.75, 3.05) is 13.2 Å². The monoisotopic (exact) mass is 304 g/mol. The summed E-state index contributed by atoms with van der Waals surface area (Å²) in [6, 6.07) is 2.95. The van der Waals surface area contributed by atoms with Crippen LogP contribution in [0, 0.1) is 0 Å². The van der Waals surface area contributed by atoms with Crippen LogP contribution in [0.5, 0.6) is 0 Å². The molecule has 7 heteroatoms. The van der Waals surface area contributed by atoms with Gasteiger partial charge in [0.2, 0.25) is 0 Å². The second-order valence-corrected chi connectivity index (χ2v) is 5.11. The zero-order valence-corrected chi connectivity index (χ0v) is 11.9. The Morgan fingerprint density at radius 2 is 2.24 bits per heavy atom. The number of piperidine rings is 1. The number of nitrogens with one attached hydrogen (secondary N) is 1. The van der Waals surface area contributed by atoms with E-state index in [1.165, 1.54) is 22.9 Å². The van der Waals surface area contributed by atoms with Gasteiger partial charge in [0.25, 0.3) is 0 Å². The Morgan fingerprint density at radius 3 is 2.81 bits per heavy atom. The lowest BCUT2D eigenvalue weighted by atomic mass is 9.85. The number of aromatic nitrogens is 1. The van der Waals surface area contributed by atoms with E-state index in [2.05, 4.69) is 5.32 Å². The van der Waals surface area contributed by atoms with Crippen molar-refractivity contribution in [2.24, 2.45) is 0 Å². The number of carbonyl (C=O) groups excluding carboxylic acids is 1. The highest BCUT2D eigenvalue weighted by Gasteiger charge is 2.57. The van der Waals surface area contributed by atoms with E-state index in [0.717, 1.165) is 6.42 Å². The SMILES string of the molecule is CCOC(=O)Cn1cccc1C1(C(F)(F)F)CCCCN1. The predicted octanol–water partition coefficient (Wildman–Crippen LogP) is 2.58. The number of carbonyl (C=O) groups is 1. The first kappa shape index (κ1) is 15.9. The highest BCUT2D eigenvalue weighted by Crippen LogP contribution is 2.44. The quantitative estimate of drug-likeness (QED) is 0.870. The molecule has 118 valence electrons. The van der Waals surface area contributed by atoms with E-state index in [1.54, 1.807) is 6.92 Å². The van der Waals surface area contributed by atoms with Crippen LogP contribution in [-0.4, -0.2) is 29.9 Å². The maximum Gasteiger partial charge on any atom is 0.412 e. The van der Waals surface area contributed by atoms with E-state index in [1.807, 2.05) is 0 Å². The minimum Gasteiger partial charge on any atom is -0.465 e. The van der Waals surface area contributed by atoms with E-state index in [4.69, 9.17) is 4.74 Å². The average molecular weight is 304 g/mol. The number of hydrogen-bond acceptors (Lipinski definition) is 3. The molecule has 0 spiro atoms. The molecule has 2 rings (SSSR count). The van der Waals surface area contributed by atoms with Crippen molar-refractivity contribution in [2.45, 2.75) is 44.4 Å². The van der Waals surface area contributed by atoms with Crippen LogP contribution in [0.3, 0.4) is 0 Å². The number of nitrogens with zero attached hydrogens (tertiary/aromatic N) is 1. The van der Waals surface area contributed by atoms with Crippen LogP contribution in [0.25, 0.3) is 0 Å². The molecule has 0 saturated carbocycles. The summed E-state index contributed by atoms with van der Waals surface area (Å²) in [6.45, 7) is 1.96. The minimum atomic E-state index is -4.42. The third-order valence-corrected chi connectivity index (χ3v) is 3.76. The third-order valence-electron chi connectivity index (χ3n) is 3.76. The smallest absolute Gasteiger partial charge is 0.412 e. The maximum atomic E-state index is 13.6. The second kappa shape index (κ2) is 6.09. The van der Waals surface area contributed by atoms with Gasteiger partial charge in [-0.05, 0) is 44.9 Å². The topological polar surface area (TPSA) is 43.3 Å². The molecule has 0 aliphatic carbocycles. The summed E-state index contributed by atoms with van der Waals surface area (Å²) in [5.74, 6) is -0.539. The summed E-state index contributed by atoms with van der Waals surface area (Å²) >= 11 is 0. The molecule has 1 saturated heterocycles. The molecule has 2 heterocycles. The van der Waals surface area contributed by atoms with Crippen molar-refractivity contribution in [3.05, 3.63) is 24.0 Å². The zero-order chi connectivity index (χ0) is 15.5. The molecule has 4 nitrogen and oxygen atoms in total. The first-order valence-electron chi connectivity index (χ1n) is 7.04. The van der Waals surface area contributed by atoms with Gasteiger partial charge >= 0.3 is 12.1 Å². The summed E-state index contributed by atoms with van der Waals surface area (Å²) in [5.41, 5.74) is -2.01. The van der Waals surface area contributed by atoms with Crippen LogP contribution >= 0.6 is 0 Å². The van der Waals surface area contributed by atoms with E-state index in [0.29, 0.717) is 13.0 Å². The lowest BCUT2D eigenvalue weighted by molar-refractivity contribution is -0.209. The Hall–Kier alpha value is -1.50. The maximum absolute atomic E-state index is 13.6. The largest absolute Gasteiger partial charge is 0.465 e. The van der Waals surface area contributed by atoms with Crippen LogP contribution in [0.4, 0.5) is 13.2 Å². The molecular formula is C14H19F3N2O2. The van der Waals surface area contributed by atoms with Crippen LogP contribution in [-0.2, 0) is 21.6 Å². The molecule has 1 N–H and O–H groups in total. The molecule has 1 atom stereocenters. The van der Waals surface area contributed by atoms with Gasteiger partial charge in [-0.3, -0.25) is 10.1 Å². The van der Waals surface area contributed by atoms with E-state index in [-0.39, 0.29) is 25.3 Å². The number of alkyl halides is 3. The van der Waals surface area contributed by atoms with Gasteiger partial charge in [0.15, 0.2) is 5.54 Å². The predicted molar refractivity (Wildman–Crippen MR) is 70.7 cm³/mol. The molecule has 0 aromatic carbocycles. The van der Waals surface area contributed by atoms with Crippen molar-refractivity contribution < 1.29 is 22.7 Å². The zero-order valence-electron chi connectivity index (χ0n) is 11.9. The molecule has 1 aliphatic heterocycles. The summed E-state index contributed by atoms with van der Waals surface area (Å²) in [4.78, 5) is 11.6. The molecule has 1 aromatic heterocycles. The Balaban J connectivity index is 2.34. The van der Waals surface area contributed by atoms with E-state index in [9.17, 15) is 18.0 Å². The molecule has 1 fully saturated rings. The van der Waals surface area contributed by atoms with Crippen molar-refractivity contribution >= 4 is 5.97 Å². The lowest BCUT2D eigenvalue weighted by Gasteiger charge is -2.40. The summed E-state index contributed by atoms with van der Waals surface area (Å²) in [7, 11) is 0. The number of halogens is 3. The number of rotatable bonds is 4. The Kier molecular flexibility index (Phi) is 4.61. The van der Waals surface area contributed by atoms with Crippen LogP contribution in [0.2, 0.25) is 0 Å². The molecule has 0 radical (unpaired) electrons. The molecular weight excluding hydrogens is 285 g/mol. The fraction of sp³-hybridized carbons (Fsp3) is 0.643. The van der Waals surface area contributed by atoms with Crippen molar-refractivity contribution in [1.29, 1.82) is 0 Å². The first-order chi connectivity index (χ1) is 9.90. The molecule has 0 amide bonds. The van der Waals surface area contributed by atoms with Crippen molar-refractivity contribution in [3.8, 4) is 0 Å². The summed E-state index contributed by atoms with van der Waals surface area (Å²) in [5, 5.41) is 2.62. The van der Waals surface area contributed by atoms with Gasteiger partial charge in [0.1, 0.15) is 6.54 Å². The van der Waals surface area contributed by atoms with Crippen molar-refractivity contribution in [3.63, 3.8) is 0 Å². The van der Waals surface area contributed by atoms with Crippen LogP contribution < -0.4 is 5.32 Å². The van der Waals surface area contributed by atoms with Gasteiger partial charge in [0.05, 0.1) is 6.61 Å². The third kappa shape index (κ3) is 3.07. The average Bonchev–Trinajstić information content (AvgIpc) is 2.87. The summed E-state index contributed by atoms with van der Waals surface area (Å²) in [6.07, 6.45) is -1.74. The molecule has 1 aliphatic rings. The van der Waals surface area contributed by atoms with Gasteiger partial charge < -0.3 is 9.30 Å². The van der Waals surface area contributed by atoms with Gasteiger partial charge in [-0.25, -0.2) is 0 Å². The highest BCUT2D eigenvalue weighted by molar-refractivity contribution is 5.69. The van der Waals surface area contributed by atoms with E-state index >= 15 is 0 Å².